The maximum absolute atomic E-state index is 12.7. The average Bonchev–Trinajstić information content (AvgIpc) is 3.28. The second kappa shape index (κ2) is 5.98. The lowest BCUT2D eigenvalue weighted by atomic mass is 9.94. The number of aliphatic hydroxyl groups excluding tert-OH is 1. The minimum atomic E-state index is -0.405. The summed E-state index contributed by atoms with van der Waals surface area (Å²) in [5.41, 5.74) is 0.642. The Labute approximate surface area is 130 Å². The van der Waals surface area contributed by atoms with Crippen molar-refractivity contribution in [1.82, 2.24) is 5.32 Å². The Bertz CT molecular complexity index is 510. The summed E-state index contributed by atoms with van der Waals surface area (Å²) in [6, 6.07) is 7.47. The smallest absolute Gasteiger partial charge is 0.230 e. The molecule has 0 radical (unpaired) electrons. The van der Waals surface area contributed by atoms with E-state index in [1.165, 1.54) is 0 Å². The van der Waals surface area contributed by atoms with E-state index in [9.17, 15) is 9.90 Å². The van der Waals surface area contributed by atoms with Crippen molar-refractivity contribution in [2.24, 2.45) is 0 Å². The molecule has 21 heavy (non-hydrogen) atoms. The van der Waals surface area contributed by atoms with Gasteiger partial charge in [0.1, 0.15) is 0 Å². The molecular formula is C17H22ClNO2. The molecule has 114 valence electrons. The maximum Gasteiger partial charge on any atom is 0.230 e. The number of benzene rings is 1. The van der Waals surface area contributed by atoms with Gasteiger partial charge in [0.15, 0.2) is 0 Å². The molecule has 1 aromatic carbocycles. The second-order valence-electron chi connectivity index (χ2n) is 6.37. The largest absolute Gasteiger partial charge is 0.391 e. The molecule has 2 saturated carbocycles. The van der Waals surface area contributed by atoms with E-state index in [-0.39, 0.29) is 11.9 Å². The molecule has 3 nitrogen and oxygen atoms in total. The minimum Gasteiger partial charge on any atom is -0.391 e. The third kappa shape index (κ3) is 3.09. The van der Waals surface area contributed by atoms with E-state index in [1.807, 2.05) is 24.3 Å². The highest BCUT2D eigenvalue weighted by Gasteiger charge is 2.51. The lowest BCUT2D eigenvalue weighted by Gasteiger charge is -2.25. The molecule has 4 heteroatoms. The molecule has 2 fully saturated rings. The fraction of sp³-hybridized carbons (Fsp3) is 0.588. The predicted octanol–water partition coefficient (Wildman–Crippen LogP) is 3.18. The molecule has 0 aromatic heterocycles. The summed E-state index contributed by atoms with van der Waals surface area (Å²) < 4.78 is 0. The van der Waals surface area contributed by atoms with E-state index in [2.05, 4.69) is 5.32 Å². The summed E-state index contributed by atoms with van der Waals surface area (Å²) in [6.45, 7) is 0. The van der Waals surface area contributed by atoms with Crippen molar-refractivity contribution in [3.8, 4) is 0 Å². The van der Waals surface area contributed by atoms with Gasteiger partial charge in [0.25, 0.3) is 0 Å². The molecular weight excluding hydrogens is 286 g/mol. The summed E-state index contributed by atoms with van der Waals surface area (Å²) in [7, 11) is 0. The van der Waals surface area contributed by atoms with Crippen molar-refractivity contribution >= 4 is 17.5 Å². The number of hydrogen-bond donors (Lipinski definition) is 2. The lowest BCUT2D eigenvalue weighted by Crippen LogP contribution is -2.46. The number of carbonyl (C=O) groups is 1. The topological polar surface area (TPSA) is 49.3 Å². The van der Waals surface area contributed by atoms with Gasteiger partial charge in [-0.05, 0) is 43.4 Å². The zero-order chi connectivity index (χ0) is 14.9. The Morgan fingerprint density at radius 1 is 1.14 bits per heavy atom. The van der Waals surface area contributed by atoms with Crippen molar-refractivity contribution < 1.29 is 9.90 Å². The standard InChI is InChI=1S/C17H22ClNO2/c18-13-8-6-12(7-9-13)17(10-11-17)16(21)19-14-4-2-1-3-5-15(14)20/h6-9,14-15,20H,1-5,10-11H2,(H,19,21). The van der Waals surface area contributed by atoms with Crippen LogP contribution < -0.4 is 5.32 Å². The Hall–Kier alpha value is -1.06. The summed E-state index contributed by atoms with van der Waals surface area (Å²) >= 11 is 5.92. The Balaban J connectivity index is 1.71. The van der Waals surface area contributed by atoms with E-state index in [4.69, 9.17) is 11.6 Å². The SMILES string of the molecule is O=C(NC1CCCCCC1O)C1(c2ccc(Cl)cc2)CC1. The molecule has 2 aliphatic rings. The van der Waals surface area contributed by atoms with E-state index in [0.29, 0.717) is 5.02 Å². The van der Waals surface area contributed by atoms with Crippen molar-refractivity contribution in [3.05, 3.63) is 34.9 Å². The number of carbonyl (C=O) groups excluding carboxylic acids is 1. The molecule has 0 heterocycles. The van der Waals surface area contributed by atoms with Gasteiger partial charge in [-0.2, -0.15) is 0 Å². The van der Waals surface area contributed by atoms with Crippen LogP contribution in [-0.4, -0.2) is 23.2 Å². The van der Waals surface area contributed by atoms with E-state index in [1.54, 1.807) is 0 Å². The van der Waals surface area contributed by atoms with Crippen molar-refractivity contribution in [2.45, 2.75) is 62.5 Å². The zero-order valence-corrected chi connectivity index (χ0v) is 12.9. The Kier molecular flexibility index (Phi) is 4.23. The van der Waals surface area contributed by atoms with Crippen LogP contribution in [-0.2, 0) is 10.2 Å². The van der Waals surface area contributed by atoms with Crippen LogP contribution in [0, 0.1) is 0 Å². The number of halogens is 1. The Morgan fingerprint density at radius 2 is 1.81 bits per heavy atom. The van der Waals surface area contributed by atoms with Crippen LogP contribution in [0.3, 0.4) is 0 Å². The normalized spacial score (nSPS) is 27.7. The number of hydrogen-bond acceptors (Lipinski definition) is 2. The fourth-order valence-corrected chi connectivity index (χ4v) is 3.43. The minimum absolute atomic E-state index is 0.0655. The van der Waals surface area contributed by atoms with E-state index < -0.39 is 11.5 Å². The van der Waals surface area contributed by atoms with E-state index in [0.717, 1.165) is 50.5 Å². The van der Waals surface area contributed by atoms with Gasteiger partial charge in [-0.3, -0.25) is 4.79 Å². The van der Waals surface area contributed by atoms with E-state index >= 15 is 0 Å². The Morgan fingerprint density at radius 3 is 2.48 bits per heavy atom. The lowest BCUT2D eigenvalue weighted by molar-refractivity contribution is -0.125. The van der Waals surface area contributed by atoms with Crippen LogP contribution >= 0.6 is 11.6 Å². The third-order valence-electron chi connectivity index (χ3n) is 4.88. The molecule has 2 aliphatic carbocycles. The molecule has 2 N–H and O–H groups in total. The van der Waals surface area contributed by atoms with Crippen molar-refractivity contribution in [1.29, 1.82) is 0 Å². The molecule has 0 spiro atoms. The summed E-state index contributed by atoms with van der Waals surface area (Å²) in [6.07, 6.45) is 6.30. The molecule has 2 atom stereocenters. The molecule has 2 unspecified atom stereocenters. The summed E-state index contributed by atoms with van der Waals surface area (Å²) in [5.74, 6) is 0.0655. The van der Waals surface area contributed by atoms with Crippen LogP contribution in [0.5, 0.6) is 0 Å². The summed E-state index contributed by atoms with van der Waals surface area (Å²) in [4.78, 5) is 12.7. The first kappa shape index (κ1) is 14.9. The molecule has 0 saturated heterocycles. The fourth-order valence-electron chi connectivity index (χ4n) is 3.30. The first-order valence-electron chi connectivity index (χ1n) is 7.87. The number of amides is 1. The van der Waals surface area contributed by atoms with Crippen molar-refractivity contribution in [3.63, 3.8) is 0 Å². The van der Waals surface area contributed by atoms with Gasteiger partial charge in [0.2, 0.25) is 5.91 Å². The van der Waals surface area contributed by atoms with Crippen LogP contribution in [0.15, 0.2) is 24.3 Å². The van der Waals surface area contributed by atoms with Gasteiger partial charge >= 0.3 is 0 Å². The van der Waals surface area contributed by atoms with Gasteiger partial charge in [-0.15, -0.1) is 0 Å². The first-order chi connectivity index (χ1) is 10.1. The summed E-state index contributed by atoms with van der Waals surface area (Å²) in [5, 5.41) is 14.0. The number of rotatable bonds is 3. The second-order valence-corrected chi connectivity index (χ2v) is 6.81. The average molecular weight is 308 g/mol. The highest BCUT2D eigenvalue weighted by atomic mass is 35.5. The highest BCUT2D eigenvalue weighted by Crippen LogP contribution is 2.48. The van der Waals surface area contributed by atoms with Crippen LogP contribution in [0.2, 0.25) is 5.02 Å². The van der Waals surface area contributed by atoms with Crippen LogP contribution in [0.4, 0.5) is 0 Å². The zero-order valence-electron chi connectivity index (χ0n) is 12.1. The predicted molar refractivity (Wildman–Crippen MR) is 83.4 cm³/mol. The number of nitrogens with one attached hydrogen (secondary N) is 1. The monoisotopic (exact) mass is 307 g/mol. The van der Waals surface area contributed by atoms with Crippen LogP contribution in [0.25, 0.3) is 0 Å². The first-order valence-corrected chi connectivity index (χ1v) is 8.25. The molecule has 0 aliphatic heterocycles. The van der Waals surface area contributed by atoms with Crippen molar-refractivity contribution in [2.75, 3.05) is 0 Å². The molecule has 1 amide bonds. The van der Waals surface area contributed by atoms with Gasteiger partial charge in [0.05, 0.1) is 17.6 Å². The number of aliphatic hydroxyl groups is 1. The molecule has 3 rings (SSSR count). The molecule has 0 bridgehead atoms. The van der Waals surface area contributed by atoms with Gasteiger partial charge in [-0.25, -0.2) is 0 Å². The third-order valence-corrected chi connectivity index (χ3v) is 5.13. The van der Waals surface area contributed by atoms with Gasteiger partial charge in [0, 0.05) is 5.02 Å². The maximum atomic E-state index is 12.7. The van der Waals surface area contributed by atoms with Gasteiger partial charge in [-0.1, -0.05) is 43.0 Å². The molecule has 1 aromatic rings. The van der Waals surface area contributed by atoms with Gasteiger partial charge < -0.3 is 10.4 Å². The highest BCUT2D eigenvalue weighted by molar-refractivity contribution is 6.30. The quantitative estimate of drug-likeness (QED) is 0.843. The van der Waals surface area contributed by atoms with Crippen LogP contribution in [0.1, 0.15) is 50.5 Å².